The minimum Gasteiger partial charge on any atom is -0.394 e. The maximum atomic E-state index is 11.9. The van der Waals surface area contributed by atoms with Gasteiger partial charge in [0.05, 0.1) is 6.61 Å². The highest BCUT2D eigenvalue weighted by Gasteiger charge is 2.33. The molecule has 2 rings (SSSR count). The van der Waals surface area contributed by atoms with Gasteiger partial charge in [-0.2, -0.15) is 0 Å². The van der Waals surface area contributed by atoms with Crippen molar-refractivity contribution in [2.45, 2.75) is 44.7 Å². The van der Waals surface area contributed by atoms with Crippen LogP contribution >= 0.6 is 0 Å². The van der Waals surface area contributed by atoms with E-state index in [1.165, 1.54) is 17.7 Å². The van der Waals surface area contributed by atoms with Crippen molar-refractivity contribution in [1.82, 2.24) is 14.5 Å². The molecule has 21 heavy (non-hydrogen) atoms. The molecule has 118 valence electrons. The first-order chi connectivity index (χ1) is 9.88. The Balaban J connectivity index is 2.16. The molecule has 0 aromatic carbocycles. The summed E-state index contributed by atoms with van der Waals surface area (Å²) in [7, 11) is 3.13. The van der Waals surface area contributed by atoms with Crippen LogP contribution in [0.1, 0.15) is 38.3 Å². The maximum absolute atomic E-state index is 11.9. The van der Waals surface area contributed by atoms with Gasteiger partial charge in [-0.25, -0.2) is 4.79 Å². The van der Waals surface area contributed by atoms with E-state index in [1.807, 2.05) is 0 Å². The number of aromatic nitrogens is 2. The van der Waals surface area contributed by atoms with Crippen molar-refractivity contribution >= 4 is 0 Å². The van der Waals surface area contributed by atoms with Gasteiger partial charge in [0.25, 0.3) is 5.56 Å². The molecule has 0 saturated heterocycles. The van der Waals surface area contributed by atoms with Crippen LogP contribution in [0.4, 0.5) is 0 Å². The predicted octanol–water partition coefficient (Wildman–Crippen LogP) is 0.115. The molecular weight excluding hydrogens is 270 g/mol. The molecular formula is C15H25N3O3. The van der Waals surface area contributed by atoms with E-state index < -0.39 is 0 Å². The Bertz CT molecular complexity index is 610. The maximum Gasteiger partial charge on any atom is 0.330 e. The van der Waals surface area contributed by atoms with Crippen LogP contribution in [0.5, 0.6) is 0 Å². The van der Waals surface area contributed by atoms with Crippen LogP contribution in [0.15, 0.2) is 15.7 Å². The van der Waals surface area contributed by atoms with Crippen LogP contribution in [-0.2, 0) is 20.6 Å². The zero-order valence-electron chi connectivity index (χ0n) is 13.1. The highest BCUT2D eigenvalue weighted by Crippen LogP contribution is 2.31. The van der Waals surface area contributed by atoms with Gasteiger partial charge in [-0.05, 0) is 31.6 Å². The fourth-order valence-electron chi connectivity index (χ4n) is 2.93. The molecule has 0 radical (unpaired) electrons. The summed E-state index contributed by atoms with van der Waals surface area (Å²) < 4.78 is 2.57. The number of nitrogens with one attached hydrogen (secondary N) is 1. The molecule has 1 saturated carbocycles. The van der Waals surface area contributed by atoms with E-state index in [-0.39, 0.29) is 23.4 Å². The largest absolute Gasteiger partial charge is 0.394 e. The summed E-state index contributed by atoms with van der Waals surface area (Å²) in [5.41, 5.74) is -0.265. The predicted molar refractivity (Wildman–Crippen MR) is 81.2 cm³/mol. The number of hydrogen-bond acceptors (Lipinski definition) is 4. The van der Waals surface area contributed by atoms with E-state index in [1.54, 1.807) is 7.05 Å². The van der Waals surface area contributed by atoms with Gasteiger partial charge in [-0.1, -0.05) is 6.92 Å². The van der Waals surface area contributed by atoms with E-state index in [0.29, 0.717) is 18.2 Å². The van der Waals surface area contributed by atoms with Crippen LogP contribution in [0.3, 0.4) is 0 Å². The number of rotatable bonds is 4. The standard InChI is InChI=1S/C15H25N3O3/c1-11-4-6-15(10-19,7-5-11)16-9-12-8-13(20)18(3)14(21)17(12)2/h8,11,16,19H,4-7,9-10H2,1-3H3. The average molecular weight is 295 g/mol. The number of hydrogen-bond donors (Lipinski definition) is 2. The minimum atomic E-state index is -0.324. The van der Waals surface area contributed by atoms with Gasteiger partial charge in [0, 0.05) is 37.9 Å². The molecule has 1 heterocycles. The Morgan fingerprint density at radius 2 is 1.90 bits per heavy atom. The number of nitrogens with zero attached hydrogens (tertiary/aromatic N) is 2. The lowest BCUT2D eigenvalue weighted by molar-refractivity contribution is 0.103. The average Bonchev–Trinajstić information content (AvgIpc) is 2.49. The highest BCUT2D eigenvalue weighted by atomic mass is 16.3. The van der Waals surface area contributed by atoms with Crippen molar-refractivity contribution in [3.8, 4) is 0 Å². The molecule has 6 nitrogen and oxygen atoms in total. The van der Waals surface area contributed by atoms with Gasteiger partial charge in [0.2, 0.25) is 0 Å². The van der Waals surface area contributed by atoms with Crippen LogP contribution < -0.4 is 16.6 Å². The molecule has 2 N–H and O–H groups in total. The smallest absolute Gasteiger partial charge is 0.330 e. The van der Waals surface area contributed by atoms with E-state index >= 15 is 0 Å². The van der Waals surface area contributed by atoms with Gasteiger partial charge < -0.3 is 10.4 Å². The van der Waals surface area contributed by atoms with Crippen LogP contribution in [0.25, 0.3) is 0 Å². The summed E-state index contributed by atoms with van der Waals surface area (Å²) >= 11 is 0. The molecule has 0 spiro atoms. The summed E-state index contributed by atoms with van der Waals surface area (Å²) in [5.74, 6) is 0.694. The van der Waals surface area contributed by atoms with E-state index in [0.717, 1.165) is 30.3 Å². The molecule has 0 atom stereocenters. The highest BCUT2D eigenvalue weighted by molar-refractivity contribution is 5.04. The molecule has 1 aliphatic carbocycles. The molecule has 0 unspecified atom stereocenters. The number of aliphatic hydroxyl groups excluding tert-OH is 1. The van der Waals surface area contributed by atoms with Crippen LogP contribution in [-0.4, -0.2) is 26.4 Å². The van der Waals surface area contributed by atoms with Gasteiger partial charge in [0.15, 0.2) is 0 Å². The molecule has 1 aromatic rings. The Morgan fingerprint density at radius 1 is 1.29 bits per heavy atom. The third kappa shape index (κ3) is 3.27. The second-order valence-electron chi connectivity index (χ2n) is 6.35. The number of aliphatic hydroxyl groups is 1. The fourth-order valence-corrected chi connectivity index (χ4v) is 2.93. The Morgan fingerprint density at radius 3 is 2.48 bits per heavy atom. The summed E-state index contributed by atoms with van der Waals surface area (Å²) in [6.07, 6.45) is 4.01. The van der Waals surface area contributed by atoms with Crippen molar-refractivity contribution < 1.29 is 5.11 Å². The van der Waals surface area contributed by atoms with Crippen LogP contribution in [0, 0.1) is 5.92 Å². The Labute approximate surface area is 124 Å². The SMILES string of the molecule is CC1CCC(CO)(NCc2cc(=O)n(C)c(=O)n2C)CC1. The van der Waals surface area contributed by atoms with Crippen molar-refractivity contribution in [1.29, 1.82) is 0 Å². The van der Waals surface area contributed by atoms with Gasteiger partial charge in [-0.15, -0.1) is 0 Å². The zero-order chi connectivity index (χ0) is 15.6. The summed E-state index contributed by atoms with van der Waals surface area (Å²) in [6.45, 7) is 2.72. The minimum absolute atomic E-state index is 0.0819. The second kappa shape index (κ2) is 6.15. The van der Waals surface area contributed by atoms with Gasteiger partial charge in [0.1, 0.15) is 0 Å². The molecule has 0 amide bonds. The lowest BCUT2D eigenvalue weighted by Crippen LogP contribution is -2.51. The lowest BCUT2D eigenvalue weighted by Gasteiger charge is -2.39. The molecule has 6 heteroatoms. The summed E-state index contributed by atoms with van der Waals surface area (Å²) in [6, 6.07) is 1.48. The topological polar surface area (TPSA) is 76.3 Å². The monoisotopic (exact) mass is 295 g/mol. The first kappa shape index (κ1) is 16.0. The Kier molecular flexibility index (Phi) is 4.68. The first-order valence-electron chi connectivity index (χ1n) is 7.50. The van der Waals surface area contributed by atoms with E-state index in [9.17, 15) is 14.7 Å². The Hall–Kier alpha value is -1.40. The molecule has 0 bridgehead atoms. The zero-order valence-corrected chi connectivity index (χ0v) is 13.1. The fraction of sp³-hybridized carbons (Fsp3) is 0.733. The molecule has 0 aliphatic heterocycles. The van der Waals surface area contributed by atoms with E-state index in [4.69, 9.17) is 0 Å². The van der Waals surface area contributed by atoms with Gasteiger partial charge in [-0.3, -0.25) is 13.9 Å². The van der Waals surface area contributed by atoms with Crippen molar-refractivity contribution in [3.05, 3.63) is 32.6 Å². The van der Waals surface area contributed by atoms with Crippen molar-refractivity contribution in [2.24, 2.45) is 20.0 Å². The third-order valence-electron chi connectivity index (χ3n) is 4.80. The molecule has 1 aliphatic rings. The molecule has 1 fully saturated rings. The second-order valence-corrected chi connectivity index (χ2v) is 6.35. The molecule has 1 aromatic heterocycles. The first-order valence-corrected chi connectivity index (χ1v) is 7.50. The van der Waals surface area contributed by atoms with Gasteiger partial charge >= 0.3 is 5.69 Å². The van der Waals surface area contributed by atoms with Crippen molar-refractivity contribution in [3.63, 3.8) is 0 Å². The normalized spacial score (nSPS) is 26.0. The van der Waals surface area contributed by atoms with Crippen LogP contribution in [0.2, 0.25) is 0 Å². The summed E-state index contributed by atoms with van der Waals surface area (Å²) in [4.78, 5) is 23.6. The van der Waals surface area contributed by atoms with E-state index in [2.05, 4.69) is 12.2 Å². The summed E-state index contributed by atoms with van der Waals surface area (Å²) in [5, 5.41) is 13.1. The quantitative estimate of drug-likeness (QED) is 0.827. The lowest BCUT2D eigenvalue weighted by atomic mass is 9.77. The van der Waals surface area contributed by atoms with Crippen molar-refractivity contribution in [2.75, 3.05) is 6.61 Å². The third-order valence-corrected chi connectivity index (χ3v) is 4.80.